The van der Waals surface area contributed by atoms with Crippen LogP contribution in [0, 0.1) is 0 Å². The SMILES string of the molecule is CCCCCCCCC/C=C\CCCCCCCCCCCCCC(CC)([P+](=O)[O-])[N+](C)(C)C. The molecule has 0 amide bonds. The van der Waals surface area contributed by atoms with Crippen molar-refractivity contribution in [3.05, 3.63) is 12.2 Å². The molecule has 0 rings (SSSR count). The highest BCUT2D eigenvalue weighted by atomic mass is 31.1. The lowest BCUT2D eigenvalue weighted by atomic mass is 10.0. The summed E-state index contributed by atoms with van der Waals surface area (Å²) < 4.78 is 12.5. The van der Waals surface area contributed by atoms with E-state index in [1.54, 1.807) is 0 Å². The van der Waals surface area contributed by atoms with Crippen LogP contribution in [0.2, 0.25) is 0 Å². The van der Waals surface area contributed by atoms with Gasteiger partial charge in [0, 0.05) is 12.8 Å². The molecule has 0 bridgehead atoms. The number of unbranched alkanes of at least 4 members (excludes halogenated alkanes) is 18. The predicted octanol–water partition coefficient (Wildman–Crippen LogP) is 9.67. The first-order chi connectivity index (χ1) is 16.3. The van der Waals surface area contributed by atoms with E-state index < -0.39 is 13.3 Å². The molecule has 0 aliphatic heterocycles. The van der Waals surface area contributed by atoms with Crippen molar-refractivity contribution in [2.45, 2.75) is 160 Å². The minimum atomic E-state index is -2.42. The summed E-state index contributed by atoms with van der Waals surface area (Å²) in [4.78, 5) is 12.0. The van der Waals surface area contributed by atoms with Gasteiger partial charge in [0.05, 0.1) is 21.1 Å². The van der Waals surface area contributed by atoms with E-state index in [1.807, 2.05) is 28.1 Å². The van der Waals surface area contributed by atoms with Gasteiger partial charge in [-0.25, -0.2) is 0 Å². The first kappa shape index (κ1) is 33.8. The summed E-state index contributed by atoms with van der Waals surface area (Å²) in [5, 5.41) is -0.599. The molecule has 2 atom stereocenters. The third-order valence-electron chi connectivity index (χ3n) is 7.74. The van der Waals surface area contributed by atoms with E-state index in [1.165, 1.54) is 116 Å². The van der Waals surface area contributed by atoms with Crippen molar-refractivity contribution in [2.24, 2.45) is 0 Å². The second-order valence-corrected chi connectivity index (χ2v) is 12.8. The quantitative estimate of drug-likeness (QED) is 0.0544. The molecule has 0 saturated carbocycles. The second-order valence-electron chi connectivity index (χ2n) is 11.4. The van der Waals surface area contributed by atoms with Crippen molar-refractivity contribution in [1.29, 1.82) is 0 Å². The molecule has 0 aliphatic rings. The molecular formula is C30H61NO2P+. The largest absolute Gasteiger partial charge is 0.590 e. The molecular weight excluding hydrogens is 437 g/mol. The highest BCUT2D eigenvalue weighted by Crippen LogP contribution is 2.44. The van der Waals surface area contributed by atoms with Crippen LogP contribution in [0.5, 0.6) is 0 Å². The van der Waals surface area contributed by atoms with Crippen molar-refractivity contribution in [1.82, 2.24) is 0 Å². The lowest BCUT2D eigenvalue weighted by molar-refractivity contribution is -0.910. The Morgan fingerprint density at radius 3 is 1.29 bits per heavy atom. The van der Waals surface area contributed by atoms with E-state index in [9.17, 15) is 9.46 Å². The van der Waals surface area contributed by atoms with Gasteiger partial charge in [-0.05, 0) is 32.1 Å². The Kier molecular flexibility index (Phi) is 21.8. The zero-order valence-corrected chi connectivity index (χ0v) is 24.8. The number of quaternary nitrogens is 1. The lowest BCUT2D eigenvalue weighted by Gasteiger charge is -2.39. The Morgan fingerprint density at radius 2 is 0.971 bits per heavy atom. The molecule has 2 unspecified atom stereocenters. The minimum absolute atomic E-state index is 0.512. The van der Waals surface area contributed by atoms with Gasteiger partial charge < -0.3 is 4.89 Å². The molecule has 0 aromatic carbocycles. The van der Waals surface area contributed by atoms with Crippen LogP contribution in [0.4, 0.5) is 0 Å². The molecule has 0 heterocycles. The number of hydrogen-bond donors (Lipinski definition) is 0. The van der Waals surface area contributed by atoms with Gasteiger partial charge in [0.15, 0.2) is 0 Å². The molecule has 4 heteroatoms. The van der Waals surface area contributed by atoms with Gasteiger partial charge in [-0.2, -0.15) is 0 Å². The van der Waals surface area contributed by atoms with Crippen LogP contribution >= 0.6 is 8.03 Å². The molecule has 0 aromatic heterocycles. The topological polar surface area (TPSA) is 40.1 Å². The van der Waals surface area contributed by atoms with Crippen molar-refractivity contribution in [2.75, 3.05) is 21.1 Å². The summed E-state index contributed by atoms with van der Waals surface area (Å²) in [7, 11) is 3.64. The van der Waals surface area contributed by atoms with Crippen LogP contribution in [0.25, 0.3) is 0 Å². The summed E-state index contributed by atoms with van der Waals surface area (Å²) in [6, 6.07) is 0. The summed E-state index contributed by atoms with van der Waals surface area (Å²) >= 11 is 0. The zero-order chi connectivity index (χ0) is 25.5. The van der Waals surface area contributed by atoms with Gasteiger partial charge >= 0.3 is 8.03 Å². The van der Waals surface area contributed by atoms with Gasteiger partial charge in [0.1, 0.15) is 0 Å². The Morgan fingerprint density at radius 1 is 0.618 bits per heavy atom. The van der Waals surface area contributed by atoms with E-state index in [0.29, 0.717) is 10.9 Å². The van der Waals surface area contributed by atoms with Gasteiger partial charge in [-0.15, -0.1) is 0 Å². The highest BCUT2D eigenvalue weighted by Gasteiger charge is 2.52. The van der Waals surface area contributed by atoms with Gasteiger partial charge in [-0.1, -0.05) is 127 Å². The average molecular weight is 499 g/mol. The van der Waals surface area contributed by atoms with Crippen LogP contribution < -0.4 is 4.89 Å². The molecule has 0 N–H and O–H groups in total. The molecule has 34 heavy (non-hydrogen) atoms. The molecule has 0 aliphatic carbocycles. The van der Waals surface area contributed by atoms with Gasteiger partial charge in [0.2, 0.25) is 0 Å². The van der Waals surface area contributed by atoms with E-state index in [2.05, 4.69) is 19.1 Å². The first-order valence-electron chi connectivity index (χ1n) is 14.9. The molecule has 0 aromatic rings. The Hall–Kier alpha value is -0.240. The molecule has 0 radical (unpaired) electrons. The molecule has 0 fully saturated rings. The van der Waals surface area contributed by atoms with Crippen LogP contribution in [0.3, 0.4) is 0 Å². The molecule has 0 spiro atoms. The number of hydrogen-bond acceptors (Lipinski definition) is 2. The van der Waals surface area contributed by atoms with Crippen LogP contribution in [0.1, 0.15) is 155 Å². The predicted molar refractivity (Wildman–Crippen MR) is 150 cm³/mol. The fraction of sp³-hybridized carbons (Fsp3) is 0.933. The highest BCUT2D eigenvalue weighted by molar-refractivity contribution is 7.38. The lowest BCUT2D eigenvalue weighted by Crippen LogP contribution is -2.55. The minimum Gasteiger partial charge on any atom is -0.590 e. The van der Waals surface area contributed by atoms with Crippen molar-refractivity contribution in [3.63, 3.8) is 0 Å². The standard InChI is InChI=1S/C30H61NO2P/c1-6-8-9-10-11-12-13-14-15-16-17-18-19-20-21-22-23-24-25-26-27-28-29-30(7-2,34(32)33)31(3,4)5/h15-16H,6-14,17-29H2,1-5H3/q+1/b16-15-. The maximum Gasteiger partial charge on any atom is 0.376 e. The van der Waals surface area contributed by atoms with Crippen molar-refractivity contribution < 1.29 is 13.9 Å². The normalized spacial score (nSPS) is 14.6. The van der Waals surface area contributed by atoms with E-state index >= 15 is 0 Å². The number of allylic oxidation sites excluding steroid dienone is 2. The Bertz CT molecular complexity index is 501. The Balaban J connectivity index is 3.46. The Labute approximate surface area is 215 Å². The second kappa shape index (κ2) is 22.0. The van der Waals surface area contributed by atoms with E-state index in [4.69, 9.17) is 0 Å². The maximum atomic E-state index is 12.0. The molecule has 0 saturated heterocycles. The van der Waals surface area contributed by atoms with E-state index in [-0.39, 0.29) is 0 Å². The van der Waals surface area contributed by atoms with Crippen LogP contribution in [-0.4, -0.2) is 30.9 Å². The van der Waals surface area contributed by atoms with Crippen LogP contribution in [-0.2, 0) is 4.57 Å². The fourth-order valence-corrected chi connectivity index (χ4v) is 6.26. The van der Waals surface area contributed by atoms with Crippen molar-refractivity contribution >= 4 is 8.03 Å². The summed E-state index contributed by atoms with van der Waals surface area (Å²) in [5.74, 6) is 0. The third kappa shape index (κ3) is 16.4. The number of rotatable bonds is 25. The zero-order valence-electron chi connectivity index (χ0n) is 23.9. The summed E-state index contributed by atoms with van der Waals surface area (Å²) in [6.07, 6.45) is 33.0. The van der Waals surface area contributed by atoms with Gasteiger partial charge in [0.25, 0.3) is 5.28 Å². The van der Waals surface area contributed by atoms with E-state index in [0.717, 1.165) is 19.3 Å². The summed E-state index contributed by atoms with van der Waals surface area (Å²) in [6.45, 7) is 4.30. The van der Waals surface area contributed by atoms with Crippen LogP contribution in [0.15, 0.2) is 12.2 Å². The van der Waals surface area contributed by atoms with Gasteiger partial charge in [-0.3, -0.25) is 4.48 Å². The summed E-state index contributed by atoms with van der Waals surface area (Å²) in [5.41, 5.74) is 0. The smallest absolute Gasteiger partial charge is 0.376 e. The fourth-order valence-electron chi connectivity index (χ4n) is 5.17. The monoisotopic (exact) mass is 498 g/mol. The van der Waals surface area contributed by atoms with Crippen molar-refractivity contribution in [3.8, 4) is 0 Å². The maximum absolute atomic E-state index is 12.0. The average Bonchev–Trinajstić information content (AvgIpc) is 2.78. The third-order valence-corrected chi connectivity index (χ3v) is 9.56. The first-order valence-corrected chi connectivity index (χ1v) is 16.1. The number of nitrogens with zero attached hydrogens (tertiary/aromatic N) is 1. The molecule has 3 nitrogen and oxygen atoms in total. The molecule has 202 valence electrons.